The standard InChI is InChI=1S/C10H11BrN2O/c1-3-4-5-6-13-9(10(11)14)7-8(2)12-13/h1,7H,4-6H2,2H3. The topological polar surface area (TPSA) is 34.9 Å². The maximum atomic E-state index is 11.1. The molecule has 0 saturated carbocycles. The summed E-state index contributed by atoms with van der Waals surface area (Å²) in [5.74, 6) is 2.56. The Bertz CT molecular complexity index is 376. The number of nitrogens with zero attached hydrogens (tertiary/aromatic N) is 2. The summed E-state index contributed by atoms with van der Waals surface area (Å²) in [7, 11) is 0. The molecule has 0 aliphatic heterocycles. The zero-order valence-electron chi connectivity index (χ0n) is 7.96. The number of carbonyl (C=O) groups is 1. The number of carbonyl (C=O) groups excluding carboxylic acids is 1. The Hall–Kier alpha value is -1.08. The van der Waals surface area contributed by atoms with Crippen LogP contribution >= 0.6 is 15.9 Å². The molecule has 0 radical (unpaired) electrons. The first-order valence-electron chi connectivity index (χ1n) is 4.33. The van der Waals surface area contributed by atoms with Gasteiger partial charge in [0.15, 0.2) is 0 Å². The minimum atomic E-state index is -0.140. The Kier molecular flexibility index (Phi) is 3.90. The third-order valence-corrected chi connectivity index (χ3v) is 2.20. The van der Waals surface area contributed by atoms with Crippen molar-refractivity contribution in [2.24, 2.45) is 0 Å². The third-order valence-electron chi connectivity index (χ3n) is 1.79. The van der Waals surface area contributed by atoms with Gasteiger partial charge in [-0.1, -0.05) is 0 Å². The molecule has 1 aromatic rings. The van der Waals surface area contributed by atoms with Crippen LogP contribution in [0.4, 0.5) is 0 Å². The first-order chi connectivity index (χ1) is 6.65. The second kappa shape index (κ2) is 4.97. The lowest BCUT2D eigenvalue weighted by atomic mass is 10.3. The van der Waals surface area contributed by atoms with Gasteiger partial charge in [0.1, 0.15) is 5.69 Å². The van der Waals surface area contributed by atoms with Crippen molar-refractivity contribution < 1.29 is 4.79 Å². The van der Waals surface area contributed by atoms with Gasteiger partial charge in [-0.3, -0.25) is 9.48 Å². The highest BCUT2D eigenvalue weighted by Gasteiger charge is 2.10. The van der Waals surface area contributed by atoms with Crippen molar-refractivity contribution in [1.29, 1.82) is 0 Å². The molecule has 1 heterocycles. The van der Waals surface area contributed by atoms with Gasteiger partial charge in [-0.05, 0) is 35.3 Å². The summed E-state index contributed by atoms with van der Waals surface area (Å²) in [5.41, 5.74) is 1.42. The van der Waals surface area contributed by atoms with Crippen LogP contribution in [0.1, 0.15) is 29.0 Å². The highest BCUT2D eigenvalue weighted by Crippen LogP contribution is 2.09. The minimum absolute atomic E-state index is 0.140. The van der Waals surface area contributed by atoms with Crippen molar-refractivity contribution in [3.8, 4) is 12.3 Å². The molecule has 0 aromatic carbocycles. The SMILES string of the molecule is C#CCCCn1nc(C)cc1C(=O)Br. The highest BCUT2D eigenvalue weighted by atomic mass is 79.9. The third kappa shape index (κ3) is 2.71. The first-order valence-corrected chi connectivity index (χ1v) is 5.12. The Morgan fingerprint density at radius 2 is 2.50 bits per heavy atom. The molecule has 3 nitrogen and oxygen atoms in total. The largest absolute Gasteiger partial charge is 0.279 e. The lowest BCUT2D eigenvalue weighted by Gasteiger charge is -2.01. The molecule has 0 atom stereocenters. The molecule has 1 aromatic heterocycles. The van der Waals surface area contributed by atoms with E-state index in [1.807, 2.05) is 6.92 Å². The molecule has 0 saturated heterocycles. The number of aryl methyl sites for hydroxylation is 2. The van der Waals surface area contributed by atoms with E-state index in [4.69, 9.17) is 6.42 Å². The van der Waals surface area contributed by atoms with Gasteiger partial charge in [-0.15, -0.1) is 12.3 Å². The Morgan fingerprint density at radius 1 is 1.79 bits per heavy atom. The van der Waals surface area contributed by atoms with Crippen LogP contribution in [-0.2, 0) is 6.54 Å². The molecule has 0 spiro atoms. The lowest BCUT2D eigenvalue weighted by molar-refractivity contribution is 0.108. The highest BCUT2D eigenvalue weighted by molar-refractivity contribution is 9.18. The molecule has 4 heteroatoms. The fourth-order valence-electron chi connectivity index (χ4n) is 1.21. The van der Waals surface area contributed by atoms with Crippen LogP contribution < -0.4 is 0 Å². The van der Waals surface area contributed by atoms with E-state index in [0.29, 0.717) is 18.7 Å². The molecule has 0 bridgehead atoms. The van der Waals surface area contributed by atoms with Crippen LogP contribution in [0.2, 0.25) is 0 Å². The fourth-order valence-corrected chi connectivity index (χ4v) is 1.52. The molecule has 74 valence electrons. The summed E-state index contributed by atoms with van der Waals surface area (Å²) in [4.78, 5) is 11.1. The maximum Gasteiger partial charge on any atom is 0.245 e. The Labute approximate surface area is 91.6 Å². The number of aromatic nitrogens is 2. The molecule has 0 amide bonds. The molecule has 0 aliphatic rings. The monoisotopic (exact) mass is 254 g/mol. The number of hydrogen-bond acceptors (Lipinski definition) is 2. The lowest BCUT2D eigenvalue weighted by Crippen LogP contribution is -2.06. The normalized spacial score (nSPS) is 9.79. The van der Waals surface area contributed by atoms with Crippen LogP contribution in [0.5, 0.6) is 0 Å². The molecule has 0 N–H and O–H groups in total. The second-order valence-electron chi connectivity index (χ2n) is 2.98. The summed E-state index contributed by atoms with van der Waals surface area (Å²) >= 11 is 2.92. The maximum absolute atomic E-state index is 11.1. The molecule has 0 fully saturated rings. The fraction of sp³-hybridized carbons (Fsp3) is 0.400. The summed E-state index contributed by atoms with van der Waals surface area (Å²) in [5, 5.41) is 4.20. The molecule has 1 rings (SSSR count). The van der Waals surface area contributed by atoms with Crippen molar-refractivity contribution in [3.63, 3.8) is 0 Å². The zero-order valence-corrected chi connectivity index (χ0v) is 9.54. The quantitative estimate of drug-likeness (QED) is 0.469. The van der Waals surface area contributed by atoms with Gasteiger partial charge in [0.25, 0.3) is 0 Å². The van der Waals surface area contributed by atoms with E-state index >= 15 is 0 Å². The van der Waals surface area contributed by atoms with Crippen molar-refractivity contribution in [2.75, 3.05) is 0 Å². The van der Waals surface area contributed by atoms with Crippen LogP contribution in [0.25, 0.3) is 0 Å². The Balaban J connectivity index is 2.75. The average molecular weight is 255 g/mol. The van der Waals surface area contributed by atoms with Gasteiger partial charge in [0.2, 0.25) is 4.69 Å². The number of terminal acetylenes is 1. The first kappa shape index (κ1) is 11.0. The number of halogens is 1. The van der Waals surface area contributed by atoms with E-state index in [-0.39, 0.29) is 4.69 Å². The van der Waals surface area contributed by atoms with E-state index in [2.05, 4.69) is 26.9 Å². The molecule has 0 aliphatic carbocycles. The summed E-state index contributed by atoms with van der Waals surface area (Å²) in [6.07, 6.45) is 6.68. The summed E-state index contributed by atoms with van der Waals surface area (Å²) < 4.78 is 1.54. The summed E-state index contributed by atoms with van der Waals surface area (Å²) in [6, 6.07) is 1.76. The number of hydrogen-bond donors (Lipinski definition) is 0. The van der Waals surface area contributed by atoms with Gasteiger partial charge in [-0.25, -0.2) is 0 Å². The van der Waals surface area contributed by atoms with Crippen LogP contribution in [0, 0.1) is 19.3 Å². The van der Waals surface area contributed by atoms with E-state index in [1.165, 1.54) is 0 Å². The van der Waals surface area contributed by atoms with Crippen molar-refractivity contribution in [2.45, 2.75) is 26.3 Å². The summed E-state index contributed by atoms with van der Waals surface area (Å²) in [6.45, 7) is 2.54. The molecular formula is C10H11BrN2O. The van der Waals surface area contributed by atoms with Crippen molar-refractivity contribution in [1.82, 2.24) is 9.78 Å². The van der Waals surface area contributed by atoms with E-state index < -0.39 is 0 Å². The number of rotatable bonds is 4. The smallest absolute Gasteiger partial charge is 0.245 e. The van der Waals surface area contributed by atoms with E-state index in [9.17, 15) is 4.79 Å². The Morgan fingerprint density at radius 3 is 3.07 bits per heavy atom. The van der Waals surface area contributed by atoms with E-state index in [1.54, 1.807) is 10.7 Å². The van der Waals surface area contributed by atoms with Gasteiger partial charge < -0.3 is 0 Å². The van der Waals surface area contributed by atoms with Crippen molar-refractivity contribution in [3.05, 3.63) is 17.5 Å². The second-order valence-corrected chi connectivity index (χ2v) is 3.70. The predicted molar refractivity (Wildman–Crippen MR) is 58.3 cm³/mol. The average Bonchev–Trinajstić information content (AvgIpc) is 2.47. The van der Waals surface area contributed by atoms with Crippen molar-refractivity contribution >= 4 is 20.6 Å². The molecular weight excluding hydrogens is 244 g/mol. The minimum Gasteiger partial charge on any atom is -0.279 e. The van der Waals surface area contributed by atoms with Crippen LogP contribution in [0.3, 0.4) is 0 Å². The zero-order chi connectivity index (χ0) is 10.6. The van der Waals surface area contributed by atoms with Crippen LogP contribution in [0.15, 0.2) is 6.07 Å². The molecule has 14 heavy (non-hydrogen) atoms. The molecule has 0 unspecified atom stereocenters. The predicted octanol–water partition coefficient (Wildman–Crippen LogP) is 2.14. The number of unbranched alkanes of at least 4 members (excludes halogenated alkanes) is 1. The van der Waals surface area contributed by atoms with Crippen LogP contribution in [-0.4, -0.2) is 14.5 Å². The van der Waals surface area contributed by atoms with Gasteiger partial charge in [-0.2, -0.15) is 5.10 Å². The van der Waals surface area contributed by atoms with E-state index in [0.717, 1.165) is 12.1 Å². The van der Waals surface area contributed by atoms with Gasteiger partial charge >= 0.3 is 0 Å². The van der Waals surface area contributed by atoms with Gasteiger partial charge in [0.05, 0.1) is 5.69 Å². The van der Waals surface area contributed by atoms with Gasteiger partial charge in [0, 0.05) is 13.0 Å².